The first-order chi connectivity index (χ1) is 13.4. The fraction of sp³-hybridized carbons (Fsp3) is 1.00. The van der Waals surface area contributed by atoms with E-state index in [2.05, 4.69) is 41.5 Å². The smallest absolute Gasteiger partial charge is 0.152 e. The summed E-state index contributed by atoms with van der Waals surface area (Å²) in [6.07, 6.45) is 3.45. The first-order valence-electron chi connectivity index (χ1n) is 11.1. The standard InChI is InChI=1S/C13H28O2.C11H24O4.2CH4.B.2H2/c1-12(2,3)14-10-8-7-9-11-15-13(4,5)6;1-10(2,3)14-8-12-7-13-9-15-11(4,5)6;;;;;/h7-11H2,1-6H3;7-9H2,1-6H3;2*1H4;;2*1H/i;;;;;2*1+1. The molecule has 0 fully saturated rings. The van der Waals surface area contributed by atoms with Crippen molar-refractivity contribution < 1.29 is 31.3 Å². The van der Waals surface area contributed by atoms with Gasteiger partial charge in [-0.1, -0.05) is 14.9 Å². The van der Waals surface area contributed by atoms with Gasteiger partial charge in [-0.05, 0) is 102 Å². The average Bonchev–Trinajstić information content (AvgIpc) is 2.49. The molecule has 0 N–H and O–H groups in total. The Kier molecular flexibility index (Phi) is 27.5. The van der Waals surface area contributed by atoms with Gasteiger partial charge in [-0.25, -0.2) is 0 Å². The molecule has 207 valence electrons. The van der Waals surface area contributed by atoms with Crippen molar-refractivity contribution in [3.63, 3.8) is 0 Å². The van der Waals surface area contributed by atoms with Crippen molar-refractivity contribution in [2.24, 2.45) is 0 Å². The molecule has 0 aliphatic rings. The largest absolute Gasteiger partial charge is 0.376 e. The normalized spacial score (nSPS) is 12.0. The highest BCUT2D eigenvalue weighted by atomic mass is 16.8. The van der Waals surface area contributed by atoms with Crippen LogP contribution in [0.3, 0.4) is 0 Å². The third kappa shape index (κ3) is 49.9. The lowest BCUT2D eigenvalue weighted by Crippen LogP contribution is -2.23. The van der Waals surface area contributed by atoms with Crippen LogP contribution >= 0.6 is 0 Å². The van der Waals surface area contributed by atoms with Gasteiger partial charge in [-0.2, -0.15) is 0 Å². The molecule has 0 heterocycles. The lowest BCUT2D eigenvalue weighted by molar-refractivity contribution is -0.206. The Balaban J connectivity index is -0.0000000784. The van der Waals surface area contributed by atoms with Crippen LogP contribution in [0, 0.1) is 0 Å². The van der Waals surface area contributed by atoms with E-state index in [1.165, 1.54) is 6.42 Å². The van der Waals surface area contributed by atoms with E-state index in [4.69, 9.17) is 28.4 Å². The van der Waals surface area contributed by atoms with Crippen LogP contribution < -0.4 is 0 Å². The van der Waals surface area contributed by atoms with Gasteiger partial charge in [0.25, 0.3) is 0 Å². The molecule has 0 rings (SSSR count). The summed E-state index contributed by atoms with van der Waals surface area (Å²) in [6.45, 7) is 26.8. The van der Waals surface area contributed by atoms with Gasteiger partial charge in [-0.15, -0.1) is 0 Å². The third-order valence-electron chi connectivity index (χ3n) is 3.18. The molecule has 6 nitrogen and oxygen atoms in total. The quantitative estimate of drug-likeness (QED) is 0.160. The van der Waals surface area contributed by atoms with Crippen molar-refractivity contribution in [1.82, 2.24) is 0 Å². The van der Waals surface area contributed by atoms with Gasteiger partial charge in [0.1, 0.15) is 13.6 Å². The van der Waals surface area contributed by atoms with Gasteiger partial charge < -0.3 is 28.4 Å². The van der Waals surface area contributed by atoms with Crippen molar-refractivity contribution >= 4 is 8.41 Å². The van der Waals surface area contributed by atoms with E-state index in [9.17, 15) is 0 Å². The molecule has 0 unspecified atom stereocenters. The third-order valence-corrected chi connectivity index (χ3v) is 3.18. The second-order valence-corrected chi connectivity index (χ2v) is 11.3. The molecule has 0 aromatic carbocycles. The number of ether oxygens (including phenoxy) is 6. The van der Waals surface area contributed by atoms with E-state index in [0.717, 1.165) is 26.1 Å². The van der Waals surface area contributed by atoms with E-state index < -0.39 is 0 Å². The minimum atomic E-state index is -0.179. The van der Waals surface area contributed by atoms with Crippen LogP contribution in [0.15, 0.2) is 0 Å². The maximum Gasteiger partial charge on any atom is 0.152 e. The zero-order valence-corrected chi connectivity index (χ0v) is 22.7. The van der Waals surface area contributed by atoms with Gasteiger partial charge in [0, 0.05) is 24.5 Å². The highest BCUT2D eigenvalue weighted by Crippen LogP contribution is 2.11. The zero-order valence-electron chi connectivity index (χ0n) is 22.7. The van der Waals surface area contributed by atoms with Crippen molar-refractivity contribution in [3.05, 3.63) is 0 Å². The Morgan fingerprint density at radius 1 is 0.424 bits per heavy atom. The second kappa shape index (κ2) is 21.1. The first kappa shape index (κ1) is 42.9. The molecule has 7 heteroatoms. The SMILES string of the molecule is C.C.CC(C)(C)OCCCCCOC(C)(C)C.CC(C)(C)OCOCOCOC(C)(C)C.[2HH].[2HH].[B]. The fourth-order valence-electron chi connectivity index (χ4n) is 1.70. The van der Waals surface area contributed by atoms with Crippen molar-refractivity contribution in [2.45, 2.75) is 140 Å². The van der Waals surface area contributed by atoms with Crippen LogP contribution in [-0.2, 0) is 28.4 Å². The first-order valence-corrected chi connectivity index (χ1v) is 11.1. The van der Waals surface area contributed by atoms with Crippen molar-refractivity contribution in [1.29, 1.82) is 0 Å². The molecule has 33 heavy (non-hydrogen) atoms. The summed E-state index contributed by atoms with van der Waals surface area (Å²) >= 11 is 0. The molecule has 0 saturated heterocycles. The lowest BCUT2D eigenvalue weighted by atomic mass is 10.2. The highest BCUT2D eigenvalue weighted by molar-refractivity contribution is 5.75. The Labute approximate surface area is 213 Å². The van der Waals surface area contributed by atoms with E-state index in [0.29, 0.717) is 0 Å². The molecule has 3 radical (unpaired) electrons. The molecule has 0 spiro atoms. The van der Waals surface area contributed by atoms with Crippen LogP contribution in [-0.4, -0.2) is 64.4 Å². The Morgan fingerprint density at radius 2 is 0.697 bits per heavy atom. The van der Waals surface area contributed by atoms with Crippen molar-refractivity contribution in [3.8, 4) is 0 Å². The average molecular weight is 486 g/mol. The maximum atomic E-state index is 5.64. The van der Waals surface area contributed by atoms with Crippen LogP contribution in [0.5, 0.6) is 0 Å². The van der Waals surface area contributed by atoms with E-state index >= 15 is 0 Å². The second-order valence-electron chi connectivity index (χ2n) is 11.3. The summed E-state index contributed by atoms with van der Waals surface area (Å²) in [5.74, 6) is 0. The van der Waals surface area contributed by atoms with Crippen LogP contribution in [0.2, 0.25) is 0 Å². The van der Waals surface area contributed by atoms with Crippen LogP contribution in [0.4, 0.5) is 0 Å². The van der Waals surface area contributed by atoms with E-state index in [1.807, 2.05) is 41.5 Å². The van der Waals surface area contributed by atoms with E-state index in [-0.39, 0.29) is 68.9 Å². The number of hydrogen-bond acceptors (Lipinski definition) is 6. The molecule has 0 aromatic rings. The number of hydrogen-bond donors (Lipinski definition) is 0. The predicted octanol–water partition coefficient (Wildman–Crippen LogP) is 7.69. The molecule has 0 atom stereocenters. The highest BCUT2D eigenvalue weighted by Gasteiger charge is 2.11. The summed E-state index contributed by atoms with van der Waals surface area (Å²) < 4.78 is 32.1. The van der Waals surface area contributed by atoms with E-state index in [1.54, 1.807) is 0 Å². The van der Waals surface area contributed by atoms with Gasteiger partial charge >= 0.3 is 0 Å². The predicted molar refractivity (Wildman–Crippen MR) is 147 cm³/mol. The van der Waals surface area contributed by atoms with Gasteiger partial charge in [0.2, 0.25) is 0 Å². The molecular weight excluding hydrogens is 419 g/mol. The van der Waals surface area contributed by atoms with Gasteiger partial charge in [0.15, 0.2) is 6.79 Å². The Morgan fingerprint density at radius 3 is 0.939 bits per heavy atom. The van der Waals surface area contributed by atoms with Gasteiger partial charge in [-0.3, -0.25) is 0 Å². The topological polar surface area (TPSA) is 55.4 Å². The van der Waals surface area contributed by atoms with Crippen LogP contribution in [0.25, 0.3) is 0 Å². The summed E-state index contributed by atoms with van der Waals surface area (Å²) in [6, 6.07) is 0. The number of unbranched alkanes of at least 4 members (excludes halogenated alkanes) is 2. The summed E-state index contributed by atoms with van der Waals surface area (Å²) in [4.78, 5) is 0. The lowest BCUT2D eigenvalue weighted by Gasteiger charge is -2.20. The van der Waals surface area contributed by atoms with Crippen LogP contribution in [0.1, 0.15) is 120 Å². The molecule has 0 aliphatic heterocycles. The van der Waals surface area contributed by atoms with Crippen molar-refractivity contribution in [2.75, 3.05) is 33.6 Å². The Hall–Kier alpha value is -0.175. The zero-order chi connectivity index (χ0) is 23.9. The molecule has 0 bridgehead atoms. The minimum absolute atomic E-state index is 0. The molecule has 0 aliphatic carbocycles. The minimum Gasteiger partial charge on any atom is -0.376 e. The summed E-state index contributed by atoms with van der Waals surface area (Å²) in [7, 11) is 0. The van der Waals surface area contributed by atoms with Gasteiger partial charge in [0.05, 0.1) is 22.4 Å². The maximum absolute atomic E-state index is 5.64. The Bertz CT molecular complexity index is 327. The molecule has 0 aromatic heterocycles. The molecule has 0 saturated carbocycles. The summed E-state index contributed by atoms with van der Waals surface area (Å²) in [5.41, 5.74) is -0.354. The monoisotopic (exact) mass is 485 g/mol. The summed E-state index contributed by atoms with van der Waals surface area (Å²) in [5, 5.41) is 0. The molecule has 0 amide bonds. The molecular formula is C26H64BO6. The number of rotatable bonds is 12. The fourth-order valence-corrected chi connectivity index (χ4v) is 1.70.